The Morgan fingerprint density at radius 3 is 2.38 bits per heavy atom. The smallest absolute Gasteiger partial charge is 0.375 e. The van der Waals surface area contributed by atoms with Crippen molar-refractivity contribution in [2.24, 2.45) is 5.92 Å². The third-order valence-electron chi connectivity index (χ3n) is 4.63. The van der Waals surface area contributed by atoms with Crippen LogP contribution in [0.15, 0.2) is 24.3 Å². The second kappa shape index (κ2) is 5.13. The quantitative estimate of drug-likeness (QED) is 0.763. The lowest BCUT2D eigenvalue weighted by Gasteiger charge is -2.46. The molecule has 1 spiro atoms. The van der Waals surface area contributed by atoms with Crippen molar-refractivity contribution in [2.45, 2.75) is 43.9 Å². The molecule has 0 radical (unpaired) electrons. The molecule has 0 aromatic heterocycles. The van der Waals surface area contributed by atoms with Gasteiger partial charge in [0.1, 0.15) is 0 Å². The van der Waals surface area contributed by atoms with E-state index in [2.05, 4.69) is 0 Å². The van der Waals surface area contributed by atoms with E-state index >= 15 is 0 Å². The molecule has 2 nitrogen and oxygen atoms in total. The molecule has 0 amide bonds. The maximum absolute atomic E-state index is 12.5. The van der Waals surface area contributed by atoms with Crippen LogP contribution in [0.5, 0.6) is 0 Å². The van der Waals surface area contributed by atoms with E-state index in [1.807, 2.05) is 0 Å². The highest BCUT2D eigenvalue weighted by Crippen LogP contribution is 2.45. The van der Waals surface area contributed by atoms with Gasteiger partial charge in [-0.1, -0.05) is 12.1 Å². The Morgan fingerprint density at radius 2 is 1.86 bits per heavy atom. The zero-order valence-electron chi connectivity index (χ0n) is 11.6. The fourth-order valence-corrected chi connectivity index (χ4v) is 3.23. The lowest BCUT2D eigenvalue weighted by Crippen LogP contribution is -2.47. The third kappa shape index (κ3) is 2.84. The van der Waals surface area contributed by atoms with Gasteiger partial charge in [0, 0.05) is 18.1 Å². The van der Waals surface area contributed by atoms with E-state index in [-0.39, 0.29) is 17.3 Å². The summed E-state index contributed by atoms with van der Waals surface area (Å²) in [6.07, 6.45) is 0.0967. The first-order valence-corrected chi connectivity index (χ1v) is 7.25. The summed E-state index contributed by atoms with van der Waals surface area (Å²) < 4.78 is 43.4. The summed E-state index contributed by atoms with van der Waals surface area (Å²) >= 11 is 0. The van der Waals surface area contributed by atoms with Crippen molar-refractivity contribution in [3.63, 3.8) is 0 Å². The van der Waals surface area contributed by atoms with E-state index in [0.717, 1.165) is 31.4 Å². The van der Waals surface area contributed by atoms with Crippen molar-refractivity contribution in [1.29, 1.82) is 0 Å². The molecule has 21 heavy (non-hydrogen) atoms. The average Bonchev–Trinajstić information content (AvgIpc) is 2.44. The number of ketones is 1. The Morgan fingerprint density at radius 1 is 1.19 bits per heavy atom. The SMILES string of the molecule is O=C(c1ccc(C(F)(F)F)cc1)C1CCOC2(CCC2)C1. The summed E-state index contributed by atoms with van der Waals surface area (Å²) in [5.41, 5.74) is -0.490. The highest BCUT2D eigenvalue weighted by atomic mass is 19.4. The molecule has 1 aliphatic carbocycles. The van der Waals surface area contributed by atoms with E-state index < -0.39 is 11.7 Å². The molecule has 1 saturated heterocycles. The van der Waals surface area contributed by atoms with Gasteiger partial charge in [-0.25, -0.2) is 0 Å². The fraction of sp³-hybridized carbons (Fsp3) is 0.562. The minimum atomic E-state index is -4.36. The monoisotopic (exact) mass is 298 g/mol. The van der Waals surface area contributed by atoms with Crippen LogP contribution >= 0.6 is 0 Å². The van der Waals surface area contributed by atoms with Crippen LogP contribution in [-0.2, 0) is 10.9 Å². The molecule has 3 rings (SSSR count). The second-order valence-electron chi connectivity index (χ2n) is 6.01. The standard InChI is InChI=1S/C16H17F3O2/c17-16(18,19)13-4-2-11(3-5-13)14(20)12-6-9-21-15(10-12)7-1-8-15/h2-5,12H,1,6-10H2. The molecule has 2 aliphatic rings. The van der Waals surface area contributed by atoms with Crippen molar-refractivity contribution in [3.05, 3.63) is 35.4 Å². The lowest BCUT2D eigenvalue weighted by molar-refractivity contribution is -0.137. The summed E-state index contributed by atoms with van der Waals surface area (Å²) in [6.45, 7) is 0.567. The predicted octanol–water partition coefficient (Wildman–Crippen LogP) is 4.24. The normalized spacial score (nSPS) is 24.6. The highest BCUT2D eigenvalue weighted by molar-refractivity contribution is 5.98. The number of hydrogen-bond acceptors (Lipinski definition) is 2. The number of rotatable bonds is 2. The Hall–Kier alpha value is -1.36. The van der Waals surface area contributed by atoms with E-state index in [0.29, 0.717) is 25.0 Å². The average molecular weight is 298 g/mol. The van der Waals surface area contributed by atoms with Gasteiger partial charge >= 0.3 is 6.18 Å². The minimum Gasteiger partial charge on any atom is -0.375 e. The summed E-state index contributed by atoms with van der Waals surface area (Å²) in [4.78, 5) is 12.5. The van der Waals surface area contributed by atoms with E-state index in [1.165, 1.54) is 12.1 Å². The van der Waals surface area contributed by atoms with Gasteiger partial charge in [0.15, 0.2) is 5.78 Å². The van der Waals surface area contributed by atoms with Gasteiger partial charge in [0.25, 0.3) is 0 Å². The largest absolute Gasteiger partial charge is 0.416 e. The number of alkyl halides is 3. The molecule has 1 heterocycles. The fourth-order valence-electron chi connectivity index (χ4n) is 3.23. The Balaban J connectivity index is 1.72. The van der Waals surface area contributed by atoms with Gasteiger partial charge in [-0.2, -0.15) is 13.2 Å². The molecule has 1 aromatic carbocycles. The number of Topliss-reactive ketones (excluding diaryl/α,β-unsaturated/α-hetero) is 1. The number of hydrogen-bond donors (Lipinski definition) is 0. The molecule has 1 aliphatic heterocycles. The molecule has 0 bridgehead atoms. The summed E-state index contributed by atoms with van der Waals surface area (Å²) in [5.74, 6) is -0.186. The minimum absolute atomic E-state index is 0.0571. The Bertz CT molecular complexity index is 529. The highest BCUT2D eigenvalue weighted by Gasteiger charge is 2.44. The second-order valence-corrected chi connectivity index (χ2v) is 6.01. The molecule has 2 fully saturated rings. The summed E-state index contributed by atoms with van der Waals surface area (Å²) in [6, 6.07) is 4.53. The van der Waals surface area contributed by atoms with E-state index in [9.17, 15) is 18.0 Å². The molecule has 1 atom stereocenters. The Labute approximate surface area is 121 Å². The van der Waals surface area contributed by atoms with Crippen LogP contribution in [-0.4, -0.2) is 18.0 Å². The molecule has 1 aromatic rings. The number of benzene rings is 1. The van der Waals surface area contributed by atoms with Crippen LogP contribution < -0.4 is 0 Å². The first-order chi connectivity index (χ1) is 9.90. The number of halogens is 3. The maximum Gasteiger partial charge on any atom is 0.416 e. The third-order valence-corrected chi connectivity index (χ3v) is 4.63. The molecular weight excluding hydrogens is 281 g/mol. The van der Waals surface area contributed by atoms with Crippen molar-refractivity contribution < 1.29 is 22.7 Å². The van der Waals surface area contributed by atoms with Crippen LogP contribution in [0.3, 0.4) is 0 Å². The maximum atomic E-state index is 12.5. The molecular formula is C16H17F3O2. The zero-order chi connectivity index (χ0) is 15.1. The Kier molecular flexibility index (Phi) is 3.56. The van der Waals surface area contributed by atoms with E-state index in [1.54, 1.807) is 0 Å². The topological polar surface area (TPSA) is 26.3 Å². The van der Waals surface area contributed by atoms with Crippen molar-refractivity contribution in [2.75, 3.05) is 6.61 Å². The molecule has 1 saturated carbocycles. The van der Waals surface area contributed by atoms with Gasteiger partial charge in [0.2, 0.25) is 0 Å². The van der Waals surface area contributed by atoms with E-state index in [4.69, 9.17) is 4.74 Å². The summed E-state index contributed by atoms with van der Waals surface area (Å²) in [5, 5.41) is 0. The van der Waals surface area contributed by atoms with Gasteiger partial charge in [-0.3, -0.25) is 4.79 Å². The summed E-state index contributed by atoms with van der Waals surface area (Å²) in [7, 11) is 0. The molecule has 1 unspecified atom stereocenters. The van der Waals surface area contributed by atoms with Crippen LogP contribution in [0.4, 0.5) is 13.2 Å². The molecule has 114 valence electrons. The van der Waals surface area contributed by atoms with Gasteiger partial charge in [-0.05, 0) is 44.2 Å². The van der Waals surface area contributed by atoms with Gasteiger partial charge < -0.3 is 4.74 Å². The van der Waals surface area contributed by atoms with Gasteiger partial charge in [-0.15, -0.1) is 0 Å². The first kappa shape index (κ1) is 14.6. The van der Waals surface area contributed by atoms with Crippen molar-refractivity contribution in [3.8, 4) is 0 Å². The van der Waals surface area contributed by atoms with Crippen LogP contribution in [0, 0.1) is 5.92 Å². The molecule has 5 heteroatoms. The number of carbonyl (C=O) groups is 1. The van der Waals surface area contributed by atoms with Crippen molar-refractivity contribution in [1.82, 2.24) is 0 Å². The van der Waals surface area contributed by atoms with Crippen molar-refractivity contribution >= 4 is 5.78 Å². The van der Waals surface area contributed by atoms with Gasteiger partial charge in [0.05, 0.1) is 11.2 Å². The van der Waals surface area contributed by atoms with Crippen LogP contribution in [0.2, 0.25) is 0 Å². The van der Waals surface area contributed by atoms with Crippen LogP contribution in [0.1, 0.15) is 48.0 Å². The zero-order valence-corrected chi connectivity index (χ0v) is 11.6. The predicted molar refractivity (Wildman–Crippen MR) is 71.0 cm³/mol. The number of ether oxygens (including phenoxy) is 1. The van der Waals surface area contributed by atoms with Crippen LogP contribution in [0.25, 0.3) is 0 Å². The first-order valence-electron chi connectivity index (χ1n) is 7.25. The molecule has 0 N–H and O–H groups in total. The number of carbonyl (C=O) groups excluding carboxylic acids is 1. The lowest BCUT2D eigenvalue weighted by atomic mass is 9.70.